The largest absolute Gasteiger partial charge is 0.282 e. The number of nitrogens with zero attached hydrogens (tertiary/aromatic N) is 1. The smallest absolute Gasteiger partial charge is 0.229 e. The molecule has 72 valence electrons. The van der Waals surface area contributed by atoms with Crippen LogP contribution in [0.15, 0.2) is 16.9 Å². The van der Waals surface area contributed by atoms with Gasteiger partial charge in [-0.2, -0.15) is 0 Å². The lowest BCUT2D eigenvalue weighted by molar-refractivity contribution is 0.606. The van der Waals surface area contributed by atoms with Gasteiger partial charge >= 0.3 is 0 Å². The second kappa shape index (κ2) is 3.63. The van der Waals surface area contributed by atoms with Gasteiger partial charge in [-0.25, -0.2) is 13.4 Å². The van der Waals surface area contributed by atoms with E-state index in [1.54, 1.807) is 13.0 Å². The zero-order valence-corrected chi connectivity index (χ0v) is 9.61. The Balaban J connectivity index is 3.04. The number of sulfonamides is 1. The summed E-state index contributed by atoms with van der Waals surface area (Å²) in [6, 6.07) is 1.74. The molecule has 1 aromatic rings. The highest BCUT2D eigenvalue weighted by molar-refractivity contribution is 9.10. The molecule has 0 aliphatic carbocycles. The van der Waals surface area contributed by atoms with Gasteiger partial charge in [-0.15, -0.1) is 0 Å². The van der Waals surface area contributed by atoms with Gasteiger partial charge in [0, 0.05) is 0 Å². The van der Waals surface area contributed by atoms with Crippen LogP contribution in [0.2, 0.25) is 0 Å². The average Bonchev–Trinajstić information content (AvgIpc) is 1.93. The molecule has 0 fully saturated rings. The van der Waals surface area contributed by atoms with Crippen LogP contribution in [0.5, 0.6) is 0 Å². The summed E-state index contributed by atoms with van der Waals surface area (Å²) in [6.07, 6.45) is 2.58. The van der Waals surface area contributed by atoms with Crippen molar-refractivity contribution in [1.82, 2.24) is 4.98 Å². The molecule has 1 N–H and O–H groups in total. The zero-order valence-electron chi connectivity index (χ0n) is 7.20. The quantitative estimate of drug-likeness (QED) is 0.825. The molecule has 0 unspecified atom stereocenters. The summed E-state index contributed by atoms with van der Waals surface area (Å²) in [6.45, 7) is 1.81. The fraction of sp³-hybridized carbons (Fsp3) is 0.286. The Morgan fingerprint density at radius 2 is 2.15 bits per heavy atom. The van der Waals surface area contributed by atoms with Crippen molar-refractivity contribution in [2.24, 2.45) is 0 Å². The lowest BCUT2D eigenvalue weighted by Gasteiger charge is -2.06. The minimum absolute atomic E-state index is 0.505. The van der Waals surface area contributed by atoms with Gasteiger partial charge in [-0.3, -0.25) is 4.72 Å². The molecule has 0 radical (unpaired) electrons. The first-order valence-electron chi connectivity index (χ1n) is 3.48. The number of hydrogen-bond acceptors (Lipinski definition) is 3. The van der Waals surface area contributed by atoms with Crippen molar-refractivity contribution in [3.63, 3.8) is 0 Å². The van der Waals surface area contributed by atoms with Crippen LogP contribution in [0.25, 0.3) is 0 Å². The van der Waals surface area contributed by atoms with Crippen LogP contribution in [0.1, 0.15) is 5.56 Å². The number of halogens is 1. The molecule has 0 bridgehead atoms. The van der Waals surface area contributed by atoms with E-state index in [4.69, 9.17) is 0 Å². The van der Waals surface area contributed by atoms with Crippen LogP contribution in [-0.2, 0) is 10.0 Å². The third kappa shape index (κ3) is 3.31. The lowest BCUT2D eigenvalue weighted by Crippen LogP contribution is -2.10. The van der Waals surface area contributed by atoms with Crippen LogP contribution in [-0.4, -0.2) is 19.7 Å². The molecular formula is C7H9BrN2O2S. The number of aryl methyl sites for hydroxylation is 1. The number of pyridine rings is 1. The van der Waals surface area contributed by atoms with Crippen LogP contribution >= 0.6 is 15.9 Å². The van der Waals surface area contributed by atoms with Crippen LogP contribution in [0.3, 0.4) is 0 Å². The summed E-state index contributed by atoms with van der Waals surface area (Å²) in [5, 5.41) is 0. The first-order valence-corrected chi connectivity index (χ1v) is 6.17. The van der Waals surface area contributed by atoms with Crippen molar-refractivity contribution >= 4 is 31.6 Å². The zero-order chi connectivity index (χ0) is 10.1. The molecule has 4 nitrogen and oxygen atoms in total. The Hall–Kier alpha value is -0.620. The van der Waals surface area contributed by atoms with Gasteiger partial charge in [0.15, 0.2) is 0 Å². The number of anilines is 1. The van der Waals surface area contributed by atoms with Crippen molar-refractivity contribution < 1.29 is 8.42 Å². The van der Waals surface area contributed by atoms with Crippen molar-refractivity contribution in [3.05, 3.63) is 22.4 Å². The number of rotatable bonds is 2. The SMILES string of the molecule is Cc1cc(Br)ncc1NS(C)(=O)=O. The van der Waals surface area contributed by atoms with E-state index in [1.807, 2.05) is 0 Å². The fourth-order valence-electron chi connectivity index (χ4n) is 0.828. The van der Waals surface area contributed by atoms with Crippen LogP contribution < -0.4 is 4.72 Å². The molecule has 0 saturated heterocycles. The minimum Gasteiger partial charge on any atom is -0.282 e. The second-order valence-corrected chi connectivity index (χ2v) is 5.26. The van der Waals surface area contributed by atoms with Crippen molar-refractivity contribution in [1.29, 1.82) is 0 Å². The fourth-order valence-corrected chi connectivity index (χ4v) is 1.89. The third-order valence-corrected chi connectivity index (χ3v) is 2.40. The Kier molecular flexibility index (Phi) is 2.92. The summed E-state index contributed by atoms with van der Waals surface area (Å²) in [4.78, 5) is 3.91. The van der Waals surface area contributed by atoms with Crippen molar-refractivity contribution in [2.75, 3.05) is 11.0 Å². The number of hydrogen-bond donors (Lipinski definition) is 1. The van der Waals surface area contributed by atoms with E-state index in [0.29, 0.717) is 10.3 Å². The normalized spacial score (nSPS) is 11.3. The Morgan fingerprint density at radius 1 is 1.54 bits per heavy atom. The first-order chi connectivity index (χ1) is 5.88. The number of aromatic nitrogens is 1. The maximum atomic E-state index is 10.9. The molecule has 0 amide bonds. The van der Waals surface area contributed by atoms with E-state index in [1.165, 1.54) is 6.20 Å². The molecule has 0 atom stereocenters. The minimum atomic E-state index is -3.22. The third-order valence-electron chi connectivity index (χ3n) is 1.37. The average molecular weight is 265 g/mol. The highest BCUT2D eigenvalue weighted by atomic mass is 79.9. The van der Waals surface area contributed by atoms with E-state index >= 15 is 0 Å². The molecule has 6 heteroatoms. The van der Waals surface area contributed by atoms with Gasteiger partial charge in [-0.05, 0) is 34.5 Å². The van der Waals surface area contributed by atoms with E-state index in [2.05, 4.69) is 25.6 Å². The molecule has 0 aliphatic rings. The van der Waals surface area contributed by atoms with Crippen molar-refractivity contribution in [2.45, 2.75) is 6.92 Å². The molecule has 1 aromatic heterocycles. The summed E-state index contributed by atoms with van der Waals surface area (Å²) in [5.41, 5.74) is 1.33. The predicted molar refractivity (Wildman–Crippen MR) is 55.1 cm³/mol. The lowest BCUT2D eigenvalue weighted by atomic mass is 10.3. The molecule has 1 heterocycles. The Bertz CT molecular complexity index is 417. The summed E-state index contributed by atoms with van der Waals surface area (Å²) < 4.78 is 24.8. The first kappa shape index (κ1) is 10.5. The van der Waals surface area contributed by atoms with Gasteiger partial charge in [-0.1, -0.05) is 0 Å². The Morgan fingerprint density at radius 3 is 2.62 bits per heavy atom. The molecule has 0 aliphatic heterocycles. The Labute approximate surface area is 85.6 Å². The maximum absolute atomic E-state index is 10.9. The van der Waals surface area contributed by atoms with Gasteiger partial charge in [0.05, 0.1) is 18.1 Å². The summed E-state index contributed by atoms with van der Waals surface area (Å²) in [7, 11) is -3.22. The number of nitrogens with one attached hydrogen (secondary N) is 1. The van der Waals surface area contributed by atoms with Gasteiger partial charge < -0.3 is 0 Å². The molecule has 0 aromatic carbocycles. The van der Waals surface area contributed by atoms with Gasteiger partial charge in [0.2, 0.25) is 10.0 Å². The molecule has 13 heavy (non-hydrogen) atoms. The predicted octanol–water partition coefficient (Wildman–Crippen LogP) is 1.52. The molecular weight excluding hydrogens is 256 g/mol. The van der Waals surface area contributed by atoms with Gasteiger partial charge in [0.25, 0.3) is 0 Å². The van der Waals surface area contributed by atoms with E-state index in [-0.39, 0.29) is 0 Å². The summed E-state index contributed by atoms with van der Waals surface area (Å²) >= 11 is 3.19. The van der Waals surface area contributed by atoms with Crippen LogP contribution in [0, 0.1) is 6.92 Å². The van der Waals surface area contributed by atoms with E-state index in [9.17, 15) is 8.42 Å². The highest BCUT2D eigenvalue weighted by Crippen LogP contribution is 2.17. The van der Waals surface area contributed by atoms with Crippen molar-refractivity contribution in [3.8, 4) is 0 Å². The molecule has 0 saturated carbocycles. The molecule has 0 spiro atoms. The van der Waals surface area contributed by atoms with E-state index in [0.717, 1.165) is 11.8 Å². The summed E-state index contributed by atoms with van der Waals surface area (Å²) in [5.74, 6) is 0. The van der Waals surface area contributed by atoms with Crippen LogP contribution in [0.4, 0.5) is 5.69 Å². The standard InChI is InChI=1S/C7H9BrN2O2S/c1-5-3-7(8)9-4-6(5)10-13(2,11)12/h3-4,10H,1-2H3. The topological polar surface area (TPSA) is 59.1 Å². The molecule has 1 rings (SSSR count). The highest BCUT2D eigenvalue weighted by Gasteiger charge is 2.05. The van der Waals surface area contributed by atoms with Gasteiger partial charge in [0.1, 0.15) is 4.60 Å². The monoisotopic (exact) mass is 264 g/mol. The second-order valence-electron chi connectivity index (χ2n) is 2.70. The maximum Gasteiger partial charge on any atom is 0.229 e. The van der Waals surface area contributed by atoms with E-state index < -0.39 is 10.0 Å².